The van der Waals surface area contributed by atoms with Crippen LogP contribution in [0.3, 0.4) is 0 Å². The number of anilines is 1. The van der Waals surface area contributed by atoms with Gasteiger partial charge in [0.1, 0.15) is 17.2 Å². The number of carbonyl (C=O) groups is 2. The third-order valence-electron chi connectivity index (χ3n) is 3.57. The molecule has 2 heterocycles. The van der Waals surface area contributed by atoms with Crippen molar-refractivity contribution >= 4 is 39.6 Å². The highest BCUT2D eigenvalue weighted by atomic mass is 32.1. The number of aromatic nitrogens is 1. The van der Waals surface area contributed by atoms with Crippen molar-refractivity contribution in [2.24, 2.45) is 0 Å². The summed E-state index contributed by atoms with van der Waals surface area (Å²) in [6.07, 6.45) is 0. The average Bonchev–Trinajstić information content (AvgIpc) is 3.37. The summed E-state index contributed by atoms with van der Waals surface area (Å²) in [5, 5.41) is 9.37. The van der Waals surface area contributed by atoms with Crippen molar-refractivity contribution in [3.63, 3.8) is 0 Å². The van der Waals surface area contributed by atoms with Crippen LogP contribution in [-0.4, -0.2) is 31.0 Å². The summed E-state index contributed by atoms with van der Waals surface area (Å²) in [5.41, 5.74) is 0.625. The molecule has 0 saturated carbocycles. The largest absolute Gasteiger partial charge is 0.497 e. The molecule has 0 spiro atoms. The Bertz CT molecular complexity index is 916. The molecular formula is C18H17N3O4S2. The molecule has 1 aromatic carbocycles. The average molecular weight is 403 g/mol. The lowest BCUT2D eigenvalue weighted by Crippen LogP contribution is -2.22. The maximum absolute atomic E-state index is 12.5. The Morgan fingerprint density at radius 1 is 1.07 bits per heavy atom. The molecule has 0 aliphatic heterocycles. The molecule has 0 aliphatic rings. The van der Waals surface area contributed by atoms with Crippen LogP contribution in [0.1, 0.15) is 25.7 Å². The molecule has 3 aromatic rings. The van der Waals surface area contributed by atoms with Gasteiger partial charge in [-0.3, -0.25) is 14.9 Å². The molecule has 0 aliphatic carbocycles. The molecule has 0 atom stereocenters. The van der Waals surface area contributed by atoms with E-state index in [2.05, 4.69) is 15.6 Å². The van der Waals surface area contributed by atoms with Gasteiger partial charge in [0, 0.05) is 21.9 Å². The van der Waals surface area contributed by atoms with Gasteiger partial charge < -0.3 is 14.8 Å². The van der Waals surface area contributed by atoms with Crippen LogP contribution in [0.2, 0.25) is 0 Å². The van der Waals surface area contributed by atoms with Crippen LogP contribution in [0.25, 0.3) is 0 Å². The van der Waals surface area contributed by atoms with E-state index in [9.17, 15) is 9.59 Å². The summed E-state index contributed by atoms with van der Waals surface area (Å²) >= 11 is 2.75. The summed E-state index contributed by atoms with van der Waals surface area (Å²) in [5.74, 6) is 0.356. The Morgan fingerprint density at radius 3 is 2.44 bits per heavy atom. The van der Waals surface area contributed by atoms with Crippen molar-refractivity contribution in [2.45, 2.75) is 6.54 Å². The van der Waals surface area contributed by atoms with E-state index in [4.69, 9.17) is 9.47 Å². The Kier molecular flexibility index (Phi) is 6.05. The van der Waals surface area contributed by atoms with Gasteiger partial charge >= 0.3 is 0 Å². The minimum atomic E-state index is -0.368. The Morgan fingerprint density at radius 2 is 1.81 bits per heavy atom. The first-order valence-electron chi connectivity index (χ1n) is 7.89. The fraction of sp³-hybridized carbons (Fsp3) is 0.167. The van der Waals surface area contributed by atoms with E-state index in [1.165, 1.54) is 25.6 Å². The van der Waals surface area contributed by atoms with Gasteiger partial charge in [-0.05, 0) is 23.6 Å². The smallest absolute Gasteiger partial charge is 0.271 e. The van der Waals surface area contributed by atoms with Crippen LogP contribution in [0.15, 0.2) is 41.1 Å². The van der Waals surface area contributed by atoms with Crippen molar-refractivity contribution in [3.05, 3.63) is 57.2 Å². The van der Waals surface area contributed by atoms with E-state index in [0.29, 0.717) is 28.7 Å². The predicted octanol–water partition coefficient (Wildman–Crippen LogP) is 3.40. The van der Waals surface area contributed by atoms with Crippen LogP contribution >= 0.6 is 22.7 Å². The predicted molar refractivity (Wildman–Crippen MR) is 105 cm³/mol. The Labute approximate surface area is 164 Å². The Hall–Kier alpha value is -2.91. The van der Waals surface area contributed by atoms with Gasteiger partial charge in [0.15, 0.2) is 5.13 Å². The number of nitrogens with one attached hydrogen (secondary N) is 2. The molecule has 0 radical (unpaired) electrons. The minimum absolute atomic E-state index is 0.259. The fourth-order valence-corrected chi connectivity index (χ4v) is 3.54. The molecule has 0 unspecified atom stereocenters. The molecule has 140 valence electrons. The molecular weight excluding hydrogens is 386 g/mol. The highest BCUT2D eigenvalue weighted by molar-refractivity contribution is 7.14. The molecule has 2 aromatic heterocycles. The van der Waals surface area contributed by atoms with Crippen LogP contribution in [-0.2, 0) is 6.54 Å². The van der Waals surface area contributed by atoms with Crippen LogP contribution in [0.4, 0.5) is 5.13 Å². The number of thiazole rings is 1. The number of hydrogen-bond donors (Lipinski definition) is 2. The van der Waals surface area contributed by atoms with E-state index in [1.54, 1.807) is 34.9 Å². The van der Waals surface area contributed by atoms with E-state index in [-0.39, 0.29) is 17.5 Å². The number of amides is 2. The van der Waals surface area contributed by atoms with E-state index in [1.807, 2.05) is 17.5 Å². The van der Waals surface area contributed by atoms with E-state index < -0.39 is 0 Å². The van der Waals surface area contributed by atoms with E-state index in [0.717, 1.165) is 4.88 Å². The summed E-state index contributed by atoms with van der Waals surface area (Å²) in [6.45, 7) is 0.444. The second-order valence-corrected chi connectivity index (χ2v) is 7.25. The molecule has 2 N–H and O–H groups in total. The zero-order chi connectivity index (χ0) is 19.2. The highest BCUT2D eigenvalue weighted by Gasteiger charge is 2.15. The number of nitrogens with zero attached hydrogens (tertiary/aromatic N) is 1. The highest BCUT2D eigenvalue weighted by Crippen LogP contribution is 2.24. The first kappa shape index (κ1) is 18.9. The number of carbonyl (C=O) groups excluding carboxylic acids is 2. The third kappa shape index (κ3) is 4.83. The normalized spacial score (nSPS) is 10.3. The molecule has 0 saturated heterocycles. The molecule has 3 rings (SSSR count). The lowest BCUT2D eigenvalue weighted by atomic mass is 10.2. The standard InChI is InChI=1S/C18H17N3O4S2/c1-24-12-6-11(7-13(8-12)25-2)16(22)21-18-20-15(10-27-18)17(23)19-9-14-4-3-5-26-14/h3-8,10H,9H2,1-2H3,(H,19,23)(H,20,21,22). The molecule has 0 bridgehead atoms. The van der Waals surface area contributed by atoms with Gasteiger partial charge in [-0.25, -0.2) is 4.98 Å². The van der Waals surface area contributed by atoms with Crippen molar-refractivity contribution in [1.82, 2.24) is 10.3 Å². The molecule has 9 heteroatoms. The van der Waals surface area contributed by atoms with E-state index >= 15 is 0 Å². The van der Waals surface area contributed by atoms with Gasteiger partial charge in [0.2, 0.25) is 0 Å². The zero-order valence-electron chi connectivity index (χ0n) is 14.6. The third-order valence-corrected chi connectivity index (χ3v) is 5.21. The number of ether oxygens (including phenoxy) is 2. The molecule has 0 fully saturated rings. The summed E-state index contributed by atoms with van der Waals surface area (Å²) in [4.78, 5) is 29.9. The summed E-state index contributed by atoms with van der Waals surface area (Å²) in [6, 6.07) is 8.74. The number of hydrogen-bond acceptors (Lipinski definition) is 7. The lowest BCUT2D eigenvalue weighted by molar-refractivity contribution is 0.0945. The minimum Gasteiger partial charge on any atom is -0.497 e. The van der Waals surface area contributed by atoms with Crippen LogP contribution in [0, 0.1) is 0 Å². The second kappa shape index (κ2) is 8.65. The van der Waals surface area contributed by atoms with Gasteiger partial charge in [-0.2, -0.15) is 0 Å². The van der Waals surface area contributed by atoms with Crippen molar-refractivity contribution in [1.29, 1.82) is 0 Å². The monoisotopic (exact) mass is 403 g/mol. The maximum Gasteiger partial charge on any atom is 0.271 e. The van der Waals surface area contributed by atoms with Crippen molar-refractivity contribution in [2.75, 3.05) is 19.5 Å². The number of methoxy groups -OCH3 is 2. The SMILES string of the molecule is COc1cc(OC)cc(C(=O)Nc2nc(C(=O)NCc3cccs3)cs2)c1. The Balaban J connectivity index is 1.64. The van der Waals surface area contributed by atoms with Crippen LogP contribution in [0.5, 0.6) is 11.5 Å². The molecule has 7 nitrogen and oxygen atoms in total. The number of benzene rings is 1. The van der Waals surface area contributed by atoms with Gasteiger partial charge in [-0.15, -0.1) is 22.7 Å². The lowest BCUT2D eigenvalue weighted by Gasteiger charge is -2.08. The fourth-order valence-electron chi connectivity index (χ4n) is 2.21. The quantitative estimate of drug-likeness (QED) is 0.631. The van der Waals surface area contributed by atoms with Crippen molar-refractivity contribution in [3.8, 4) is 11.5 Å². The summed E-state index contributed by atoms with van der Waals surface area (Å²) in [7, 11) is 3.02. The maximum atomic E-state index is 12.5. The van der Waals surface area contributed by atoms with Crippen LogP contribution < -0.4 is 20.1 Å². The second-order valence-electron chi connectivity index (χ2n) is 5.36. The van der Waals surface area contributed by atoms with Gasteiger partial charge in [-0.1, -0.05) is 6.07 Å². The molecule has 2 amide bonds. The van der Waals surface area contributed by atoms with Gasteiger partial charge in [0.25, 0.3) is 11.8 Å². The summed E-state index contributed by atoms with van der Waals surface area (Å²) < 4.78 is 10.3. The first-order chi connectivity index (χ1) is 13.1. The topological polar surface area (TPSA) is 89.6 Å². The number of rotatable bonds is 7. The van der Waals surface area contributed by atoms with Crippen molar-refractivity contribution < 1.29 is 19.1 Å². The van der Waals surface area contributed by atoms with Gasteiger partial charge in [0.05, 0.1) is 20.8 Å². The zero-order valence-corrected chi connectivity index (χ0v) is 16.3. The number of thiophene rings is 1. The molecule has 27 heavy (non-hydrogen) atoms. The first-order valence-corrected chi connectivity index (χ1v) is 9.65.